The van der Waals surface area contributed by atoms with Gasteiger partial charge >= 0.3 is 0 Å². The van der Waals surface area contributed by atoms with Crippen LogP contribution in [0.25, 0.3) is 10.9 Å². The summed E-state index contributed by atoms with van der Waals surface area (Å²) < 4.78 is 16.1. The highest BCUT2D eigenvalue weighted by atomic mass is 16.5. The molecule has 9 heteroatoms. The number of amides is 2. The molecule has 182 valence electrons. The molecule has 0 unspecified atom stereocenters. The van der Waals surface area contributed by atoms with Crippen molar-refractivity contribution >= 4 is 28.9 Å². The maximum atomic E-state index is 13.6. The highest BCUT2D eigenvalue weighted by Crippen LogP contribution is 2.43. The van der Waals surface area contributed by atoms with E-state index in [2.05, 4.69) is 10.1 Å². The first kappa shape index (κ1) is 22.8. The van der Waals surface area contributed by atoms with Crippen molar-refractivity contribution in [3.63, 3.8) is 0 Å². The fraction of sp³-hybridized carbons (Fsp3) is 0.346. The molecule has 3 aromatic rings. The first-order valence-corrected chi connectivity index (χ1v) is 11.4. The van der Waals surface area contributed by atoms with Crippen LogP contribution >= 0.6 is 0 Å². The molecular formula is C26H28N4O5. The fourth-order valence-corrected chi connectivity index (χ4v) is 5.28. The fourth-order valence-electron chi connectivity index (χ4n) is 5.28. The maximum Gasteiger partial charge on any atom is 0.266 e. The highest BCUT2D eigenvalue weighted by molar-refractivity contribution is 5.98. The van der Waals surface area contributed by atoms with Crippen molar-refractivity contribution in [1.29, 1.82) is 0 Å². The summed E-state index contributed by atoms with van der Waals surface area (Å²) >= 11 is 0. The van der Waals surface area contributed by atoms with E-state index in [1.165, 1.54) is 32.6 Å². The van der Waals surface area contributed by atoms with E-state index < -0.39 is 11.6 Å². The van der Waals surface area contributed by atoms with Gasteiger partial charge in [-0.2, -0.15) is 5.10 Å². The molecule has 5 rings (SSSR count). The first-order chi connectivity index (χ1) is 16.8. The summed E-state index contributed by atoms with van der Waals surface area (Å²) in [5, 5.41) is 6.72. The van der Waals surface area contributed by atoms with Crippen LogP contribution < -0.4 is 14.2 Å². The van der Waals surface area contributed by atoms with Gasteiger partial charge < -0.3 is 24.1 Å². The zero-order valence-electron chi connectivity index (χ0n) is 20.4. The Balaban J connectivity index is 1.48. The van der Waals surface area contributed by atoms with Crippen LogP contribution in [0.15, 0.2) is 41.5 Å². The number of benzene rings is 2. The number of hydrogen-bond donors (Lipinski definition) is 1. The molecule has 1 atom stereocenters. The van der Waals surface area contributed by atoms with Gasteiger partial charge in [0, 0.05) is 28.6 Å². The molecular weight excluding hydrogens is 448 g/mol. The molecule has 0 saturated carbocycles. The molecule has 0 bridgehead atoms. The van der Waals surface area contributed by atoms with Gasteiger partial charge in [-0.05, 0) is 37.6 Å². The molecule has 2 amide bonds. The number of para-hydroxylation sites is 1. The number of H-pyrrole nitrogens is 1. The second kappa shape index (κ2) is 8.33. The highest BCUT2D eigenvalue weighted by Gasteiger charge is 2.51. The number of aromatic nitrogens is 1. The molecule has 2 aliphatic rings. The number of methoxy groups -OCH3 is 3. The minimum Gasteiger partial charge on any atom is -0.493 e. The van der Waals surface area contributed by atoms with E-state index in [9.17, 15) is 9.59 Å². The molecule has 3 heterocycles. The van der Waals surface area contributed by atoms with Crippen molar-refractivity contribution in [2.75, 3.05) is 27.9 Å². The van der Waals surface area contributed by atoms with Gasteiger partial charge in [-0.15, -0.1) is 0 Å². The van der Waals surface area contributed by atoms with Gasteiger partial charge in [0.2, 0.25) is 11.7 Å². The summed E-state index contributed by atoms with van der Waals surface area (Å²) in [5.41, 5.74) is 3.04. The number of carbonyl (C=O) groups is 2. The molecule has 2 aromatic carbocycles. The monoisotopic (exact) mass is 476 g/mol. The largest absolute Gasteiger partial charge is 0.493 e. The van der Waals surface area contributed by atoms with Crippen LogP contribution in [0.3, 0.4) is 0 Å². The van der Waals surface area contributed by atoms with E-state index in [1.54, 1.807) is 17.0 Å². The number of hydrogen-bond acceptors (Lipinski definition) is 6. The van der Waals surface area contributed by atoms with Crippen molar-refractivity contribution in [1.82, 2.24) is 14.9 Å². The van der Waals surface area contributed by atoms with Crippen molar-refractivity contribution < 1.29 is 23.8 Å². The lowest BCUT2D eigenvalue weighted by Gasteiger charge is -2.50. The van der Waals surface area contributed by atoms with E-state index in [0.717, 1.165) is 22.2 Å². The third-order valence-corrected chi connectivity index (χ3v) is 6.86. The van der Waals surface area contributed by atoms with E-state index in [1.807, 2.05) is 38.1 Å². The molecule has 1 fully saturated rings. The summed E-state index contributed by atoms with van der Waals surface area (Å²) in [6.07, 6.45) is 1.96. The number of rotatable bonds is 5. The van der Waals surface area contributed by atoms with Gasteiger partial charge in [-0.25, -0.2) is 5.01 Å². The van der Waals surface area contributed by atoms with E-state index in [-0.39, 0.29) is 18.4 Å². The van der Waals surface area contributed by atoms with E-state index >= 15 is 0 Å². The summed E-state index contributed by atoms with van der Waals surface area (Å²) in [4.78, 5) is 32.1. The van der Waals surface area contributed by atoms with Crippen LogP contribution in [0, 0.1) is 0 Å². The molecule has 1 aromatic heterocycles. The van der Waals surface area contributed by atoms with Crippen molar-refractivity contribution in [3.8, 4) is 17.2 Å². The van der Waals surface area contributed by atoms with Crippen LogP contribution in [0.2, 0.25) is 0 Å². The summed E-state index contributed by atoms with van der Waals surface area (Å²) in [7, 11) is 4.59. The summed E-state index contributed by atoms with van der Waals surface area (Å²) in [6.45, 7) is 3.83. The average Bonchev–Trinajstić information content (AvgIpc) is 3.24. The maximum absolute atomic E-state index is 13.6. The van der Waals surface area contributed by atoms with Gasteiger partial charge in [0.05, 0.1) is 33.1 Å². The Bertz CT molecular complexity index is 1330. The Morgan fingerprint density at radius 3 is 2.40 bits per heavy atom. The van der Waals surface area contributed by atoms with Crippen molar-refractivity contribution in [2.24, 2.45) is 5.10 Å². The van der Waals surface area contributed by atoms with Crippen LogP contribution in [0.4, 0.5) is 0 Å². The Kier molecular flexibility index (Phi) is 5.42. The zero-order chi connectivity index (χ0) is 24.9. The number of ether oxygens (including phenoxy) is 3. The number of carbonyl (C=O) groups excluding carboxylic acids is 2. The van der Waals surface area contributed by atoms with Crippen LogP contribution in [0.5, 0.6) is 17.2 Å². The normalized spacial score (nSPS) is 19.2. The topological polar surface area (TPSA) is 96.5 Å². The third kappa shape index (κ3) is 3.50. The van der Waals surface area contributed by atoms with Crippen molar-refractivity contribution in [2.45, 2.75) is 31.8 Å². The molecule has 0 aliphatic carbocycles. The molecule has 35 heavy (non-hydrogen) atoms. The average molecular weight is 477 g/mol. The minimum atomic E-state index is -0.656. The number of nitrogens with zero attached hydrogens (tertiary/aromatic N) is 3. The zero-order valence-corrected chi connectivity index (χ0v) is 20.4. The predicted octanol–water partition coefficient (Wildman–Crippen LogP) is 3.06. The molecule has 0 spiro atoms. The number of fused-ring (bicyclic) bond motifs is 4. The number of hydrazone groups is 1. The standard InChI is InChI=1S/C26H28N4O5/c1-26(2)24-17(16-8-6-7-9-18(16)28-24)12-19-25(32)29(14-22(31)30(19)26)27-13-15-10-20(33-3)23(35-5)21(11-15)34-4/h6-11,13,19,28H,12,14H2,1-5H3/t19-/m0/s1. The molecule has 2 aliphatic heterocycles. The van der Waals surface area contributed by atoms with E-state index in [0.29, 0.717) is 29.2 Å². The van der Waals surface area contributed by atoms with Gasteiger partial charge in [0.25, 0.3) is 5.91 Å². The number of aromatic amines is 1. The Labute approximate surface area is 203 Å². The van der Waals surface area contributed by atoms with Crippen molar-refractivity contribution in [3.05, 3.63) is 53.2 Å². The lowest BCUT2D eigenvalue weighted by Crippen LogP contribution is -2.66. The second-order valence-electron chi connectivity index (χ2n) is 9.17. The Morgan fingerprint density at radius 2 is 1.74 bits per heavy atom. The summed E-state index contributed by atoms with van der Waals surface area (Å²) in [6, 6.07) is 10.9. The van der Waals surface area contributed by atoms with E-state index in [4.69, 9.17) is 14.2 Å². The van der Waals surface area contributed by atoms with Crippen LogP contribution in [-0.2, 0) is 21.5 Å². The molecule has 1 N–H and O–H groups in total. The number of nitrogens with one attached hydrogen (secondary N) is 1. The Morgan fingerprint density at radius 1 is 1.06 bits per heavy atom. The minimum absolute atomic E-state index is 0.130. The van der Waals surface area contributed by atoms with Crippen LogP contribution in [0.1, 0.15) is 30.7 Å². The van der Waals surface area contributed by atoms with Gasteiger partial charge in [0.1, 0.15) is 12.6 Å². The number of piperazine rings is 1. The lowest BCUT2D eigenvalue weighted by molar-refractivity contribution is -0.163. The second-order valence-corrected chi connectivity index (χ2v) is 9.17. The molecule has 9 nitrogen and oxygen atoms in total. The summed E-state index contributed by atoms with van der Waals surface area (Å²) in [5.74, 6) is 1.05. The quantitative estimate of drug-likeness (QED) is 0.571. The smallest absolute Gasteiger partial charge is 0.266 e. The van der Waals surface area contributed by atoms with Gasteiger partial charge in [-0.3, -0.25) is 9.59 Å². The van der Waals surface area contributed by atoms with Gasteiger partial charge in [0.15, 0.2) is 11.5 Å². The molecule has 1 saturated heterocycles. The Hall–Kier alpha value is -4.01. The predicted molar refractivity (Wildman–Crippen MR) is 131 cm³/mol. The first-order valence-electron chi connectivity index (χ1n) is 11.4. The molecule has 0 radical (unpaired) electrons. The SMILES string of the molecule is COc1cc(C=NN2CC(=O)N3[C@@H](Cc4c([nH]c5ccccc45)C3(C)C)C2=O)cc(OC)c1OC. The van der Waals surface area contributed by atoms with Crippen LogP contribution in [-0.4, -0.2) is 66.8 Å². The lowest BCUT2D eigenvalue weighted by atomic mass is 9.82. The third-order valence-electron chi connectivity index (χ3n) is 6.86. The van der Waals surface area contributed by atoms with Gasteiger partial charge in [-0.1, -0.05) is 18.2 Å².